The predicted molar refractivity (Wildman–Crippen MR) is 218 cm³/mol. The molecule has 3 aromatic carbocycles. The van der Waals surface area contributed by atoms with Crippen LogP contribution in [0.2, 0.25) is 0 Å². The van der Waals surface area contributed by atoms with Crippen molar-refractivity contribution < 1.29 is 37.9 Å². The van der Waals surface area contributed by atoms with Crippen LogP contribution < -0.4 is 9.80 Å². The van der Waals surface area contributed by atoms with Gasteiger partial charge in [-0.3, -0.25) is 0 Å². The van der Waals surface area contributed by atoms with E-state index in [0.29, 0.717) is 128 Å². The van der Waals surface area contributed by atoms with Gasteiger partial charge in [0.25, 0.3) is 0 Å². The number of ether oxygens (including phenoxy) is 8. The maximum atomic E-state index is 10.1. The summed E-state index contributed by atoms with van der Waals surface area (Å²) in [5.41, 5.74) is 6.42. The topological polar surface area (TPSA) is 128 Å². The Morgan fingerprint density at radius 2 is 0.643 bits per heavy atom. The van der Waals surface area contributed by atoms with E-state index in [1.165, 1.54) is 0 Å². The maximum Gasteiger partial charge on any atom is 0.0998 e. The Bertz CT molecular complexity index is 1560. The molecule has 0 N–H and O–H groups in total. The van der Waals surface area contributed by atoms with Gasteiger partial charge in [0, 0.05) is 37.6 Å². The lowest BCUT2D eigenvalue weighted by Crippen LogP contribution is -2.31. The van der Waals surface area contributed by atoms with Gasteiger partial charge in [-0.25, -0.2) is 0 Å². The van der Waals surface area contributed by atoms with E-state index in [0.717, 1.165) is 48.7 Å². The lowest BCUT2D eigenvalue weighted by molar-refractivity contribution is 0.00206. The fourth-order valence-corrected chi connectivity index (χ4v) is 6.03. The monoisotopic (exact) mass is 766 g/mol. The lowest BCUT2D eigenvalue weighted by atomic mass is 9.97. The van der Waals surface area contributed by atoms with E-state index in [2.05, 4.69) is 46.2 Å². The van der Waals surface area contributed by atoms with E-state index >= 15 is 0 Å². The van der Waals surface area contributed by atoms with Gasteiger partial charge in [-0.05, 0) is 58.7 Å². The van der Waals surface area contributed by atoms with Gasteiger partial charge in [0.15, 0.2) is 0 Å². The summed E-state index contributed by atoms with van der Waals surface area (Å²) in [4.78, 5) is 4.48. The molecule has 3 aromatic rings. The molecule has 298 valence electrons. The molecule has 0 spiro atoms. The summed E-state index contributed by atoms with van der Waals surface area (Å²) in [5.74, 6) is 0. The molecule has 0 bridgehead atoms. The van der Waals surface area contributed by atoms with Gasteiger partial charge in [-0.2, -0.15) is 10.5 Å². The zero-order valence-electron chi connectivity index (χ0n) is 32.3. The van der Waals surface area contributed by atoms with Crippen LogP contribution >= 0.6 is 0 Å². The molecule has 5 rings (SSSR count). The van der Waals surface area contributed by atoms with E-state index in [1.54, 1.807) is 12.1 Å². The van der Waals surface area contributed by atoms with Gasteiger partial charge in [0.05, 0.1) is 129 Å². The molecule has 2 aliphatic rings. The zero-order chi connectivity index (χ0) is 38.9. The van der Waals surface area contributed by atoms with Gasteiger partial charge in [0.1, 0.15) is 0 Å². The first-order valence-electron chi connectivity index (χ1n) is 19.4. The van der Waals surface area contributed by atoms with Crippen LogP contribution in [0.4, 0.5) is 11.4 Å². The van der Waals surface area contributed by atoms with Crippen molar-refractivity contribution in [1.29, 1.82) is 10.5 Å². The number of anilines is 2. The normalized spacial score (nSPS) is 18.6. The molecule has 2 heterocycles. The number of benzene rings is 3. The van der Waals surface area contributed by atoms with Crippen LogP contribution in [0.15, 0.2) is 60.7 Å². The maximum absolute atomic E-state index is 10.1. The van der Waals surface area contributed by atoms with E-state index in [9.17, 15) is 10.5 Å². The third-order valence-electron chi connectivity index (χ3n) is 9.14. The largest absolute Gasteiger partial charge is 0.377 e. The molecule has 0 atom stereocenters. The number of hydrogen-bond donors (Lipinski definition) is 0. The van der Waals surface area contributed by atoms with Crippen LogP contribution in [0.5, 0.6) is 0 Å². The lowest BCUT2D eigenvalue weighted by Gasteiger charge is -2.25. The summed E-state index contributed by atoms with van der Waals surface area (Å²) in [5, 5.41) is 20.1. The van der Waals surface area contributed by atoms with Crippen LogP contribution in [-0.2, 0) is 37.9 Å². The highest BCUT2D eigenvalue weighted by Crippen LogP contribution is 2.23. The summed E-state index contributed by atoms with van der Waals surface area (Å²) < 4.78 is 45.3. The molecule has 12 heteroatoms. The standard InChI is InChI=1S/C44H54N4O8/c45-35-41-34-40(8-2-38-5-11-44(12-6-38)48-15-19-51-23-27-55-31-32-56-28-24-52-20-16-48)42(36-46)33-39(41)7-1-37-3-9-43(10-4-37)47-13-17-49-21-25-53-29-30-54-26-22-50-18-14-47/h1-12,33-34H,13-32H2/b7-1+,8-2+. The summed E-state index contributed by atoms with van der Waals surface area (Å²) in [6, 6.07) is 24.6. The molecule has 0 aromatic heterocycles. The van der Waals surface area contributed by atoms with Crippen molar-refractivity contribution in [2.75, 3.05) is 142 Å². The van der Waals surface area contributed by atoms with Crippen molar-refractivity contribution in [3.63, 3.8) is 0 Å². The quantitative estimate of drug-likeness (QED) is 0.292. The van der Waals surface area contributed by atoms with Crippen molar-refractivity contribution in [2.24, 2.45) is 0 Å². The SMILES string of the molecule is N#Cc1cc(/C=C/c2ccc(N3CCOCCOCCOCCOCC3)cc2)c(C#N)cc1/C=C/c1ccc(N2CCOCCOCCOCCOCC2)cc1. The Labute approximate surface area is 331 Å². The number of rotatable bonds is 6. The molecule has 2 saturated heterocycles. The van der Waals surface area contributed by atoms with Crippen LogP contribution in [0.3, 0.4) is 0 Å². The minimum Gasteiger partial charge on any atom is -0.377 e. The van der Waals surface area contributed by atoms with Gasteiger partial charge >= 0.3 is 0 Å². The van der Waals surface area contributed by atoms with Crippen molar-refractivity contribution in [1.82, 2.24) is 0 Å². The molecule has 0 radical (unpaired) electrons. The Balaban J connectivity index is 1.20. The molecule has 56 heavy (non-hydrogen) atoms. The van der Waals surface area contributed by atoms with Crippen molar-refractivity contribution in [2.45, 2.75) is 0 Å². The Hall–Kier alpha value is -4.60. The van der Waals surface area contributed by atoms with E-state index < -0.39 is 0 Å². The van der Waals surface area contributed by atoms with Gasteiger partial charge in [0.2, 0.25) is 0 Å². The summed E-state index contributed by atoms with van der Waals surface area (Å²) in [6.45, 7) is 11.7. The fraction of sp³-hybridized carbons (Fsp3) is 0.455. The Morgan fingerprint density at radius 3 is 0.911 bits per heavy atom. The number of nitriles is 2. The average molecular weight is 767 g/mol. The van der Waals surface area contributed by atoms with Gasteiger partial charge in [-0.1, -0.05) is 48.6 Å². The minimum atomic E-state index is 0.490. The van der Waals surface area contributed by atoms with Crippen molar-refractivity contribution >= 4 is 35.7 Å². The van der Waals surface area contributed by atoms with Crippen molar-refractivity contribution in [3.05, 3.63) is 94.0 Å². The molecule has 2 fully saturated rings. The van der Waals surface area contributed by atoms with E-state index in [-0.39, 0.29) is 0 Å². The van der Waals surface area contributed by atoms with E-state index in [4.69, 9.17) is 37.9 Å². The van der Waals surface area contributed by atoms with Crippen LogP contribution in [0.1, 0.15) is 33.4 Å². The second-order valence-corrected chi connectivity index (χ2v) is 13.0. The fourth-order valence-electron chi connectivity index (χ4n) is 6.03. The first-order chi connectivity index (χ1) is 27.7. The van der Waals surface area contributed by atoms with Crippen LogP contribution in [0, 0.1) is 22.7 Å². The smallest absolute Gasteiger partial charge is 0.0998 e. The molecular weight excluding hydrogens is 713 g/mol. The highest BCUT2D eigenvalue weighted by atomic mass is 16.6. The van der Waals surface area contributed by atoms with Crippen LogP contribution in [0.25, 0.3) is 24.3 Å². The first-order valence-corrected chi connectivity index (χ1v) is 19.4. The molecule has 0 saturated carbocycles. The second kappa shape index (κ2) is 25.5. The Morgan fingerprint density at radius 1 is 0.375 bits per heavy atom. The van der Waals surface area contributed by atoms with Gasteiger partial charge < -0.3 is 47.7 Å². The van der Waals surface area contributed by atoms with Crippen LogP contribution in [-0.4, -0.2) is 132 Å². The zero-order valence-corrected chi connectivity index (χ0v) is 32.3. The molecule has 2 aliphatic heterocycles. The first kappa shape index (κ1) is 42.5. The molecular formula is C44H54N4O8. The molecule has 0 unspecified atom stereocenters. The average Bonchev–Trinajstić information content (AvgIpc) is 3.25. The molecule has 0 amide bonds. The number of hydrogen-bond acceptors (Lipinski definition) is 12. The predicted octanol–water partition coefficient (Wildman–Crippen LogP) is 5.54. The Kier molecular flexibility index (Phi) is 19.4. The highest BCUT2D eigenvalue weighted by molar-refractivity contribution is 5.79. The summed E-state index contributed by atoms with van der Waals surface area (Å²) >= 11 is 0. The van der Waals surface area contributed by atoms with E-state index in [1.807, 2.05) is 48.6 Å². The highest BCUT2D eigenvalue weighted by Gasteiger charge is 2.11. The summed E-state index contributed by atoms with van der Waals surface area (Å²) in [6.07, 6.45) is 7.69. The summed E-state index contributed by atoms with van der Waals surface area (Å²) in [7, 11) is 0. The third kappa shape index (κ3) is 15.1. The second-order valence-electron chi connectivity index (χ2n) is 13.0. The third-order valence-corrected chi connectivity index (χ3v) is 9.14. The van der Waals surface area contributed by atoms with Crippen molar-refractivity contribution in [3.8, 4) is 12.1 Å². The molecule has 0 aliphatic carbocycles. The minimum absolute atomic E-state index is 0.490. The molecule has 12 nitrogen and oxygen atoms in total. The number of nitrogens with zero attached hydrogens (tertiary/aromatic N) is 4. The van der Waals surface area contributed by atoms with Gasteiger partial charge in [-0.15, -0.1) is 0 Å².